The van der Waals surface area contributed by atoms with Crippen LogP contribution in [0.5, 0.6) is 0 Å². The molecule has 8 nitrogen and oxygen atoms in total. The number of rotatable bonds is 8. The highest BCUT2D eigenvalue weighted by Gasteiger charge is 2.23. The zero-order valence-electron chi connectivity index (χ0n) is 12.9. The summed E-state index contributed by atoms with van der Waals surface area (Å²) in [7, 11) is 3.05. The molecule has 0 spiro atoms. The zero-order valence-corrected chi connectivity index (χ0v) is 12.9. The third kappa shape index (κ3) is 8.05. The first-order valence-electron chi connectivity index (χ1n) is 6.11. The minimum absolute atomic E-state index is 0.229. The molecule has 8 heteroatoms. The van der Waals surface area contributed by atoms with E-state index >= 15 is 0 Å². The van der Waals surface area contributed by atoms with Crippen molar-refractivity contribution in [3.8, 4) is 0 Å². The van der Waals surface area contributed by atoms with Crippen molar-refractivity contribution in [3.05, 3.63) is 0 Å². The van der Waals surface area contributed by atoms with E-state index in [2.05, 4.69) is 20.6 Å². The van der Waals surface area contributed by atoms with Gasteiger partial charge < -0.3 is 19.1 Å². The van der Waals surface area contributed by atoms with E-state index in [0.29, 0.717) is 0 Å². The van der Waals surface area contributed by atoms with Crippen LogP contribution in [0.1, 0.15) is 27.7 Å². The van der Waals surface area contributed by atoms with Gasteiger partial charge in [-0.05, 0) is 27.7 Å². The van der Waals surface area contributed by atoms with Crippen LogP contribution in [0.4, 0.5) is 0 Å². The molecule has 0 saturated heterocycles. The maximum atomic E-state index is 11.3. The molecule has 0 heterocycles. The number of hydroxylamine groups is 2. The van der Waals surface area contributed by atoms with Crippen molar-refractivity contribution < 1.29 is 28.7 Å². The Labute approximate surface area is 119 Å². The molecule has 0 aliphatic heterocycles. The number of carbonyl (C=O) groups is 2. The molecule has 0 rings (SSSR count). The Balaban J connectivity index is 3.91. The molecule has 0 aliphatic carbocycles. The molecule has 0 fully saturated rings. The molecular formula is C12H24N2O6. The summed E-state index contributed by atoms with van der Waals surface area (Å²) in [5, 5.41) is 0. The third-order valence-electron chi connectivity index (χ3n) is 2.60. The predicted molar refractivity (Wildman–Crippen MR) is 70.4 cm³/mol. The summed E-state index contributed by atoms with van der Waals surface area (Å²) in [6, 6.07) is 0. The lowest BCUT2D eigenvalue weighted by Crippen LogP contribution is -2.41. The fourth-order valence-electron chi connectivity index (χ4n) is 0.779. The molecule has 0 aromatic carbocycles. The van der Waals surface area contributed by atoms with Gasteiger partial charge in [-0.2, -0.15) is 0 Å². The van der Waals surface area contributed by atoms with E-state index in [1.54, 1.807) is 27.7 Å². The summed E-state index contributed by atoms with van der Waals surface area (Å²) in [6.07, 6.45) is 0. The second kappa shape index (κ2) is 8.15. The van der Waals surface area contributed by atoms with E-state index in [9.17, 15) is 9.59 Å². The Kier molecular flexibility index (Phi) is 7.66. The molecule has 20 heavy (non-hydrogen) atoms. The monoisotopic (exact) mass is 292 g/mol. The molecule has 118 valence electrons. The van der Waals surface area contributed by atoms with Crippen molar-refractivity contribution in [2.24, 2.45) is 0 Å². The molecule has 0 aliphatic rings. The van der Waals surface area contributed by atoms with Crippen LogP contribution in [0.2, 0.25) is 0 Å². The first kappa shape index (κ1) is 18.8. The standard InChI is InChI=1S/C12H24N2O6/c1-11(2,17-5)7-13-19-9(15)10(16)20-14-8-12(3,4)18-6/h13-14H,7-8H2,1-6H3. The van der Waals surface area contributed by atoms with Gasteiger partial charge in [0, 0.05) is 14.2 Å². The van der Waals surface area contributed by atoms with Crippen LogP contribution in [-0.2, 0) is 28.7 Å². The first-order valence-corrected chi connectivity index (χ1v) is 6.11. The van der Waals surface area contributed by atoms with E-state index < -0.39 is 23.1 Å². The minimum atomic E-state index is -1.15. The average Bonchev–Trinajstić information content (AvgIpc) is 2.38. The Morgan fingerprint density at radius 2 is 1.10 bits per heavy atom. The van der Waals surface area contributed by atoms with Crippen molar-refractivity contribution in [1.82, 2.24) is 11.0 Å². The van der Waals surface area contributed by atoms with Gasteiger partial charge in [-0.25, -0.2) is 9.59 Å². The fourth-order valence-corrected chi connectivity index (χ4v) is 0.779. The van der Waals surface area contributed by atoms with Gasteiger partial charge in [0.1, 0.15) is 0 Å². The number of ether oxygens (including phenoxy) is 2. The fraction of sp³-hybridized carbons (Fsp3) is 0.833. The summed E-state index contributed by atoms with van der Waals surface area (Å²) < 4.78 is 10.2. The molecular weight excluding hydrogens is 268 g/mol. The van der Waals surface area contributed by atoms with Crippen molar-refractivity contribution >= 4 is 11.9 Å². The second-order valence-corrected chi connectivity index (χ2v) is 5.35. The molecule has 0 amide bonds. The highest BCUT2D eigenvalue weighted by Crippen LogP contribution is 2.05. The average molecular weight is 292 g/mol. The van der Waals surface area contributed by atoms with Crippen LogP contribution < -0.4 is 11.0 Å². The summed E-state index contributed by atoms with van der Waals surface area (Å²) in [6.45, 7) is 7.63. The Hall–Kier alpha value is -1.22. The number of methoxy groups -OCH3 is 2. The van der Waals surface area contributed by atoms with E-state index in [0.717, 1.165) is 0 Å². The van der Waals surface area contributed by atoms with Gasteiger partial charge in [-0.15, -0.1) is 11.0 Å². The van der Waals surface area contributed by atoms with Crippen molar-refractivity contribution in [3.63, 3.8) is 0 Å². The van der Waals surface area contributed by atoms with Gasteiger partial charge in [0.05, 0.1) is 24.3 Å². The largest absolute Gasteiger partial charge is 0.437 e. The zero-order chi connectivity index (χ0) is 15.8. The predicted octanol–water partition coefficient (Wildman–Crippen LogP) is -0.0680. The van der Waals surface area contributed by atoms with Crippen molar-refractivity contribution in [2.75, 3.05) is 27.3 Å². The molecule has 0 saturated carbocycles. The van der Waals surface area contributed by atoms with Crippen molar-refractivity contribution in [1.29, 1.82) is 0 Å². The van der Waals surface area contributed by atoms with Crippen LogP contribution in [0, 0.1) is 0 Å². The number of carbonyl (C=O) groups excluding carboxylic acids is 2. The Bertz CT molecular complexity index is 298. The van der Waals surface area contributed by atoms with E-state index in [1.807, 2.05) is 0 Å². The van der Waals surface area contributed by atoms with Gasteiger partial charge in [-0.3, -0.25) is 0 Å². The molecule has 0 aromatic rings. The molecule has 0 radical (unpaired) electrons. The maximum absolute atomic E-state index is 11.3. The third-order valence-corrected chi connectivity index (χ3v) is 2.60. The molecule has 2 N–H and O–H groups in total. The van der Waals surface area contributed by atoms with Crippen molar-refractivity contribution in [2.45, 2.75) is 38.9 Å². The number of hydrogen-bond donors (Lipinski definition) is 2. The van der Waals surface area contributed by atoms with E-state index in [-0.39, 0.29) is 13.1 Å². The van der Waals surface area contributed by atoms with Crippen LogP contribution >= 0.6 is 0 Å². The van der Waals surface area contributed by atoms with Crippen LogP contribution in [-0.4, -0.2) is 50.4 Å². The minimum Gasteiger partial charge on any atom is -0.377 e. The van der Waals surface area contributed by atoms with Gasteiger partial charge in [0.2, 0.25) is 0 Å². The summed E-state index contributed by atoms with van der Waals surface area (Å²) in [5.74, 6) is -2.31. The lowest BCUT2D eigenvalue weighted by atomic mass is 10.1. The normalized spacial score (nSPS) is 12.1. The first-order chi connectivity index (χ1) is 9.13. The molecule has 0 aromatic heterocycles. The quantitative estimate of drug-likeness (QED) is 0.474. The maximum Gasteiger partial charge on any atom is 0.437 e. The number of nitrogens with one attached hydrogen (secondary N) is 2. The van der Waals surface area contributed by atoms with E-state index in [4.69, 9.17) is 9.47 Å². The molecule has 0 bridgehead atoms. The number of hydrogen-bond acceptors (Lipinski definition) is 8. The van der Waals surface area contributed by atoms with Gasteiger partial charge in [0.15, 0.2) is 0 Å². The van der Waals surface area contributed by atoms with E-state index in [1.165, 1.54) is 14.2 Å². The summed E-state index contributed by atoms with van der Waals surface area (Å²) in [5.41, 5.74) is 3.65. The highest BCUT2D eigenvalue weighted by molar-refractivity contribution is 6.29. The van der Waals surface area contributed by atoms with Crippen LogP contribution in [0.15, 0.2) is 0 Å². The lowest BCUT2D eigenvalue weighted by molar-refractivity contribution is -0.179. The topological polar surface area (TPSA) is 95.1 Å². The second-order valence-electron chi connectivity index (χ2n) is 5.35. The SMILES string of the molecule is COC(C)(C)CNOC(=O)C(=O)ONCC(C)(C)OC. The molecule has 0 unspecified atom stereocenters. The van der Waals surface area contributed by atoms with Crippen LogP contribution in [0.25, 0.3) is 0 Å². The smallest absolute Gasteiger partial charge is 0.377 e. The summed E-state index contributed by atoms with van der Waals surface area (Å²) in [4.78, 5) is 31.6. The highest BCUT2D eigenvalue weighted by atomic mass is 16.7. The molecule has 0 atom stereocenters. The van der Waals surface area contributed by atoms with Gasteiger partial charge in [0.25, 0.3) is 0 Å². The Morgan fingerprint density at radius 3 is 1.35 bits per heavy atom. The lowest BCUT2D eigenvalue weighted by Gasteiger charge is -2.23. The van der Waals surface area contributed by atoms with Gasteiger partial charge in [-0.1, -0.05) is 0 Å². The summed E-state index contributed by atoms with van der Waals surface area (Å²) >= 11 is 0. The van der Waals surface area contributed by atoms with Crippen LogP contribution in [0.3, 0.4) is 0 Å². The van der Waals surface area contributed by atoms with Gasteiger partial charge >= 0.3 is 11.9 Å². The Morgan fingerprint density at radius 1 is 0.800 bits per heavy atom.